The number of nitrogens with zero attached hydrogens (tertiary/aromatic N) is 5. The first-order chi connectivity index (χ1) is 25.7. The molecule has 1 atom stereocenters. The van der Waals surface area contributed by atoms with E-state index in [1.165, 1.54) is 11.3 Å². The number of carbonyl (C=O) groups is 2. The smallest absolute Gasteiger partial charge is 0.259 e. The molecule has 2 fully saturated rings. The van der Waals surface area contributed by atoms with Crippen molar-refractivity contribution in [3.05, 3.63) is 105 Å². The number of rotatable bonds is 6. The average molecular weight is 730 g/mol. The van der Waals surface area contributed by atoms with Crippen molar-refractivity contribution in [3.63, 3.8) is 0 Å². The lowest BCUT2D eigenvalue weighted by molar-refractivity contribution is -0.000510. The Balaban J connectivity index is 0.920. The third-order valence-corrected chi connectivity index (χ3v) is 12.8. The third-order valence-electron chi connectivity index (χ3n) is 11.4. The first-order valence-corrected chi connectivity index (χ1v) is 19.4. The molecule has 12 heteroatoms. The van der Waals surface area contributed by atoms with Crippen LogP contribution < -0.4 is 15.1 Å². The standard InChI is InChI=1S/C41H43N7O4S/c1-25-20-29(36(43-22-25)47-23-41(24-47)14-18-52-19-15-41)37(49)44-28-11-9-26(10-12-28)38(50)48-17-13-27-21-33(53-35(27)34-32(48)8-5-16-42-34)40(2,51)39-45-30-6-3-4-7-31(30)46-39/h5,8-12,16,20-22,51H,3-4,6-7,13-15,17-19,23-24H2,1-2H3,(H,44,49)(H,45,46). The number of benzene rings is 1. The molecular weight excluding hydrogens is 687 g/mol. The molecule has 1 aromatic carbocycles. The second kappa shape index (κ2) is 13.2. The van der Waals surface area contributed by atoms with E-state index in [0.29, 0.717) is 41.4 Å². The Kier molecular flexibility index (Phi) is 8.43. The lowest BCUT2D eigenvalue weighted by Crippen LogP contribution is -2.59. The molecule has 3 aliphatic heterocycles. The van der Waals surface area contributed by atoms with Gasteiger partial charge in [0.2, 0.25) is 0 Å². The number of ether oxygens (including phenoxy) is 1. The van der Waals surface area contributed by atoms with Gasteiger partial charge >= 0.3 is 0 Å². The molecule has 4 aliphatic rings. The van der Waals surface area contributed by atoms with Crippen LogP contribution in [0.5, 0.6) is 0 Å². The van der Waals surface area contributed by atoms with Crippen molar-refractivity contribution < 1.29 is 19.4 Å². The Morgan fingerprint density at radius 2 is 1.83 bits per heavy atom. The SMILES string of the molecule is Cc1cnc(N2CC3(CCOCC3)C2)c(C(=O)Nc2ccc(C(=O)N3CCc4cc(C(C)(O)c5nc6c([nH]5)CCCC6)sc4-c4ncccc43)cc2)c1. The summed E-state index contributed by atoms with van der Waals surface area (Å²) in [6.45, 7) is 7.52. The topological polar surface area (TPSA) is 137 Å². The number of aromatic nitrogens is 4. The van der Waals surface area contributed by atoms with Crippen LogP contribution in [0.2, 0.25) is 0 Å². The van der Waals surface area contributed by atoms with Gasteiger partial charge in [-0.25, -0.2) is 9.97 Å². The minimum absolute atomic E-state index is 0.148. The van der Waals surface area contributed by atoms with E-state index >= 15 is 0 Å². The van der Waals surface area contributed by atoms with E-state index in [-0.39, 0.29) is 17.2 Å². The third kappa shape index (κ3) is 6.12. The number of carbonyl (C=O) groups excluding carboxylic acids is 2. The van der Waals surface area contributed by atoms with Crippen LogP contribution in [-0.2, 0) is 29.6 Å². The normalized spacial score (nSPS) is 18.6. The van der Waals surface area contributed by atoms with Gasteiger partial charge in [-0.05, 0) is 118 Å². The van der Waals surface area contributed by atoms with Crippen molar-refractivity contribution in [1.82, 2.24) is 19.9 Å². The number of aryl methyl sites for hydroxylation is 3. The van der Waals surface area contributed by atoms with E-state index in [1.807, 2.05) is 37.4 Å². The van der Waals surface area contributed by atoms with Gasteiger partial charge in [-0.1, -0.05) is 0 Å². The summed E-state index contributed by atoms with van der Waals surface area (Å²) < 4.78 is 5.58. The zero-order valence-electron chi connectivity index (χ0n) is 30.1. The van der Waals surface area contributed by atoms with Gasteiger partial charge in [-0.15, -0.1) is 11.3 Å². The van der Waals surface area contributed by atoms with Crippen molar-refractivity contribution in [2.24, 2.45) is 5.41 Å². The van der Waals surface area contributed by atoms with Crippen LogP contribution in [0.15, 0.2) is 60.9 Å². The van der Waals surface area contributed by atoms with Crippen molar-refractivity contribution >= 4 is 40.3 Å². The lowest BCUT2D eigenvalue weighted by Gasteiger charge is -2.53. The molecule has 7 heterocycles. The Labute approximate surface area is 312 Å². The van der Waals surface area contributed by atoms with E-state index in [2.05, 4.69) is 20.2 Å². The predicted molar refractivity (Wildman–Crippen MR) is 205 cm³/mol. The second-order valence-electron chi connectivity index (χ2n) is 15.2. The highest BCUT2D eigenvalue weighted by Gasteiger charge is 2.45. The molecule has 3 N–H and O–H groups in total. The van der Waals surface area contributed by atoms with Crippen LogP contribution in [0.3, 0.4) is 0 Å². The first-order valence-electron chi connectivity index (χ1n) is 18.6. The van der Waals surface area contributed by atoms with Crippen LogP contribution in [-0.4, -0.2) is 69.7 Å². The number of amides is 2. The number of hydrogen-bond donors (Lipinski definition) is 3. The van der Waals surface area contributed by atoms with Crippen molar-refractivity contribution in [2.75, 3.05) is 48.0 Å². The highest BCUT2D eigenvalue weighted by Crippen LogP contribution is 2.45. The van der Waals surface area contributed by atoms with Crippen LogP contribution in [0.1, 0.15) is 86.5 Å². The number of H-pyrrole nitrogens is 1. The highest BCUT2D eigenvalue weighted by atomic mass is 32.1. The van der Waals surface area contributed by atoms with Crippen molar-refractivity contribution in [2.45, 2.75) is 64.4 Å². The fraction of sp³-hybridized carbons (Fsp3) is 0.390. The number of pyridine rings is 2. The van der Waals surface area contributed by atoms with Gasteiger partial charge in [0.15, 0.2) is 5.60 Å². The summed E-state index contributed by atoms with van der Waals surface area (Å²) in [6.07, 6.45) is 10.4. The molecule has 53 heavy (non-hydrogen) atoms. The number of imidazole rings is 1. The minimum atomic E-state index is -1.28. The Bertz CT molecular complexity index is 2190. The molecule has 9 rings (SSSR count). The lowest BCUT2D eigenvalue weighted by atomic mass is 9.73. The zero-order chi connectivity index (χ0) is 36.3. The van der Waals surface area contributed by atoms with Gasteiger partial charge in [-0.2, -0.15) is 0 Å². The fourth-order valence-corrected chi connectivity index (χ4v) is 9.54. The quantitative estimate of drug-likeness (QED) is 0.182. The summed E-state index contributed by atoms with van der Waals surface area (Å²) in [7, 11) is 0. The van der Waals surface area contributed by atoms with E-state index in [4.69, 9.17) is 14.7 Å². The molecule has 1 aliphatic carbocycles. The molecule has 2 saturated heterocycles. The number of nitrogens with one attached hydrogen (secondary N) is 2. The maximum absolute atomic E-state index is 14.1. The summed E-state index contributed by atoms with van der Waals surface area (Å²) in [5.74, 6) is 0.904. The number of fused-ring (bicyclic) bond motifs is 4. The van der Waals surface area contributed by atoms with Crippen molar-refractivity contribution in [3.8, 4) is 10.6 Å². The summed E-state index contributed by atoms with van der Waals surface area (Å²) in [6, 6.07) is 14.8. The first kappa shape index (κ1) is 33.9. The summed E-state index contributed by atoms with van der Waals surface area (Å²) in [4.78, 5) is 51.1. The van der Waals surface area contributed by atoms with Gasteiger partial charge in [0.25, 0.3) is 11.8 Å². The maximum Gasteiger partial charge on any atom is 0.259 e. The molecule has 1 unspecified atom stereocenters. The Morgan fingerprint density at radius 1 is 1.04 bits per heavy atom. The molecule has 2 amide bonds. The van der Waals surface area contributed by atoms with Gasteiger partial charge < -0.3 is 29.9 Å². The average Bonchev–Trinajstić information content (AvgIpc) is 3.77. The molecular formula is C41H43N7O4S. The van der Waals surface area contributed by atoms with Crippen LogP contribution in [0, 0.1) is 12.3 Å². The fourth-order valence-electron chi connectivity index (χ4n) is 8.27. The molecule has 272 valence electrons. The number of hydrogen-bond acceptors (Lipinski definition) is 9. The van der Waals surface area contributed by atoms with E-state index in [1.54, 1.807) is 42.3 Å². The molecule has 5 aromatic rings. The summed E-state index contributed by atoms with van der Waals surface area (Å²) >= 11 is 1.51. The summed E-state index contributed by atoms with van der Waals surface area (Å²) in [5, 5.41) is 14.8. The van der Waals surface area contributed by atoms with Gasteiger partial charge in [0.05, 0.1) is 21.8 Å². The Hall–Kier alpha value is -4.91. The molecule has 1 spiro atoms. The largest absolute Gasteiger partial charge is 0.381 e. The van der Waals surface area contributed by atoms with E-state index in [9.17, 15) is 14.7 Å². The number of aliphatic hydroxyl groups is 1. The molecule has 11 nitrogen and oxygen atoms in total. The molecule has 4 aromatic heterocycles. The van der Waals surface area contributed by atoms with E-state index < -0.39 is 5.60 Å². The van der Waals surface area contributed by atoms with Crippen LogP contribution in [0.25, 0.3) is 10.6 Å². The number of thiophene rings is 1. The zero-order valence-corrected chi connectivity index (χ0v) is 30.9. The molecule has 0 saturated carbocycles. The van der Waals surface area contributed by atoms with Gasteiger partial charge in [0, 0.05) is 72.5 Å². The predicted octanol–water partition coefficient (Wildman–Crippen LogP) is 6.44. The molecule has 0 bridgehead atoms. The van der Waals surface area contributed by atoms with Crippen LogP contribution >= 0.6 is 11.3 Å². The molecule has 0 radical (unpaired) electrons. The minimum Gasteiger partial charge on any atom is -0.381 e. The van der Waals surface area contributed by atoms with Gasteiger partial charge in [0.1, 0.15) is 17.3 Å². The van der Waals surface area contributed by atoms with E-state index in [0.717, 1.165) is 108 Å². The highest BCUT2D eigenvalue weighted by molar-refractivity contribution is 7.16. The second-order valence-corrected chi connectivity index (χ2v) is 16.3. The van der Waals surface area contributed by atoms with Gasteiger partial charge in [-0.3, -0.25) is 14.6 Å². The number of aromatic amines is 1. The monoisotopic (exact) mass is 729 g/mol. The Morgan fingerprint density at radius 3 is 2.62 bits per heavy atom. The van der Waals surface area contributed by atoms with Crippen LogP contribution in [0.4, 0.5) is 17.2 Å². The van der Waals surface area contributed by atoms with Crippen molar-refractivity contribution in [1.29, 1.82) is 0 Å². The number of anilines is 3. The maximum atomic E-state index is 14.1. The summed E-state index contributed by atoms with van der Waals surface area (Å²) in [5.41, 5.74) is 6.21.